The zero-order chi connectivity index (χ0) is 14.5. The van der Waals surface area contributed by atoms with Crippen LogP contribution < -0.4 is 5.73 Å². The van der Waals surface area contributed by atoms with E-state index in [0.717, 1.165) is 31.6 Å². The van der Waals surface area contributed by atoms with Crippen molar-refractivity contribution >= 4 is 5.91 Å². The predicted octanol–water partition coefficient (Wildman–Crippen LogP) is 1.11. The maximum Gasteiger partial charge on any atom is 0.239 e. The molecule has 1 amide bonds. The minimum atomic E-state index is -0.432. The Morgan fingerprint density at radius 2 is 2.05 bits per heavy atom. The first-order chi connectivity index (χ1) is 9.61. The van der Waals surface area contributed by atoms with E-state index in [-0.39, 0.29) is 5.91 Å². The van der Waals surface area contributed by atoms with Gasteiger partial charge in [-0.25, -0.2) is 0 Å². The highest BCUT2D eigenvalue weighted by atomic mass is 16.2. The number of benzene rings is 1. The molecule has 4 heteroatoms. The third-order valence-corrected chi connectivity index (χ3v) is 4.18. The first-order valence-electron chi connectivity index (χ1n) is 7.40. The number of hydrogen-bond acceptors (Lipinski definition) is 3. The second-order valence-corrected chi connectivity index (χ2v) is 5.62. The van der Waals surface area contributed by atoms with E-state index in [1.54, 1.807) is 0 Å². The Morgan fingerprint density at radius 3 is 2.70 bits per heavy atom. The van der Waals surface area contributed by atoms with Crippen molar-refractivity contribution in [3.63, 3.8) is 0 Å². The normalized spacial score (nSPS) is 21.8. The van der Waals surface area contributed by atoms with Gasteiger partial charge >= 0.3 is 0 Å². The molecule has 0 aromatic heterocycles. The number of piperazine rings is 1. The third-order valence-electron chi connectivity index (χ3n) is 4.18. The Kier molecular flexibility index (Phi) is 5.15. The number of nitrogens with two attached hydrogens (primary N) is 1. The lowest BCUT2D eigenvalue weighted by Crippen LogP contribution is -2.56. The van der Waals surface area contributed by atoms with Crippen molar-refractivity contribution in [1.82, 2.24) is 9.80 Å². The van der Waals surface area contributed by atoms with E-state index >= 15 is 0 Å². The average molecular weight is 275 g/mol. The van der Waals surface area contributed by atoms with Crippen LogP contribution in [0.3, 0.4) is 0 Å². The third kappa shape index (κ3) is 3.58. The molecule has 2 rings (SSSR count). The van der Waals surface area contributed by atoms with Gasteiger partial charge in [-0.2, -0.15) is 0 Å². The molecule has 1 fully saturated rings. The van der Waals surface area contributed by atoms with Crippen molar-refractivity contribution in [1.29, 1.82) is 0 Å². The van der Waals surface area contributed by atoms with E-state index in [4.69, 9.17) is 5.73 Å². The molecular weight excluding hydrogens is 250 g/mol. The summed E-state index contributed by atoms with van der Waals surface area (Å²) in [4.78, 5) is 16.7. The van der Waals surface area contributed by atoms with Gasteiger partial charge in [0.05, 0.1) is 6.04 Å². The van der Waals surface area contributed by atoms with E-state index in [9.17, 15) is 4.79 Å². The minimum Gasteiger partial charge on any atom is -0.338 e. The number of rotatable bonds is 4. The fourth-order valence-corrected chi connectivity index (χ4v) is 2.78. The lowest BCUT2D eigenvalue weighted by molar-refractivity contribution is -0.135. The Bertz CT molecular complexity index is 435. The zero-order valence-electron chi connectivity index (χ0n) is 12.5. The van der Waals surface area contributed by atoms with Crippen LogP contribution in [0.25, 0.3) is 0 Å². The Balaban J connectivity index is 1.93. The lowest BCUT2D eigenvalue weighted by Gasteiger charge is -2.40. The molecule has 1 aliphatic heterocycles. The molecule has 0 aliphatic carbocycles. The number of carbonyl (C=O) groups excluding carboxylic acids is 1. The molecular formula is C16H25N3O. The molecule has 1 heterocycles. The summed E-state index contributed by atoms with van der Waals surface area (Å²) in [5, 5.41) is 0. The second kappa shape index (κ2) is 6.86. The molecule has 2 atom stereocenters. The van der Waals surface area contributed by atoms with Crippen molar-refractivity contribution in [2.45, 2.75) is 31.8 Å². The number of hydrogen-bond donors (Lipinski definition) is 1. The summed E-state index contributed by atoms with van der Waals surface area (Å²) in [7, 11) is 2.12. The highest BCUT2D eigenvalue weighted by molar-refractivity contribution is 5.82. The highest BCUT2D eigenvalue weighted by Crippen LogP contribution is 2.12. The van der Waals surface area contributed by atoms with Crippen LogP contribution >= 0.6 is 0 Å². The maximum atomic E-state index is 12.5. The number of likely N-dealkylation sites (N-methyl/N-ethyl adjacent to an activating group) is 1. The molecule has 0 radical (unpaired) electrons. The van der Waals surface area contributed by atoms with Gasteiger partial charge in [0.2, 0.25) is 5.91 Å². The van der Waals surface area contributed by atoms with Gasteiger partial charge in [-0.3, -0.25) is 9.69 Å². The van der Waals surface area contributed by atoms with Gasteiger partial charge in [0.15, 0.2) is 0 Å². The van der Waals surface area contributed by atoms with Crippen LogP contribution in [0.15, 0.2) is 30.3 Å². The summed E-state index contributed by atoms with van der Waals surface area (Å²) in [5.41, 5.74) is 7.22. The summed E-state index contributed by atoms with van der Waals surface area (Å²) < 4.78 is 0. The summed E-state index contributed by atoms with van der Waals surface area (Å²) >= 11 is 0. The maximum absolute atomic E-state index is 12.5. The van der Waals surface area contributed by atoms with Crippen molar-refractivity contribution in [3.05, 3.63) is 35.9 Å². The van der Waals surface area contributed by atoms with Gasteiger partial charge in [-0.1, -0.05) is 37.3 Å². The summed E-state index contributed by atoms with van der Waals surface area (Å²) in [5.74, 6) is 0.0837. The lowest BCUT2D eigenvalue weighted by atomic mass is 10.0. The molecule has 0 saturated carbocycles. The quantitative estimate of drug-likeness (QED) is 0.895. The van der Waals surface area contributed by atoms with Crippen LogP contribution in [0.1, 0.15) is 18.9 Å². The molecule has 1 aromatic carbocycles. The van der Waals surface area contributed by atoms with E-state index in [1.807, 2.05) is 35.2 Å². The largest absolute Gasteiger partial charge is 0.338 e. The van der Waals surface area contributed by atoms with Crippen molar-refractivity contribution in [2.75, 3.05) is 26.7 Å². The summed E-state index contributed by atoms with van der Waals surface area (Å²) in [6, 6.07) is 10.0. The predicted molar refractivity (Wildman–Crippen MR) is 81.4 cm³/mol. The Labute approximate surface area is 121 Å². The van der Waals surface area contributed by atoms with E-state index in [0.29, 0.717) is 12.5 Å². The summed E-state index contributed by atoms with van der Waals surface area (Å²) in [6.07, 6.45) is 1.68. The molecule has 1 saturated heterocycles. The molecule has 110 valence electrons. The SMILES string of the molecule is CCC1CN(C(=O)[C@H](N)Cc2ccccc2)CCN1C. The van der Waals surface area contributed by atoms with Crippen molar-refractivity contribution in [3.8, 4) is 0 Å². The van der Waals surface area contributed by atoms with E-state index in [1.165, 1.54) is 0 Å². The molecule has 0 spiro atoms. The van der Waals surface area contributed by atoms with Crippen LogP contribution in [0, 0.1) is 0 Å². The standard InChI is InChI=1S/C16H25N3O/c1-3-14-12-19(10-9-18(14)2)16(20)15(17)11-13-7-5-4-6-8-13/h4-8,14-15H,3,9-12,17H2,1-2H3/t14?,15-/m1/s1. The van der Waals surface area contributed by atoms with Crippen LogP contribution in [-0.4, -0.2) is 54.5 Å². The topological polar surface area (TPSA) is 49.6 Å². The van der Waals surface area contributed by atoms with Crippen LogP contribution in [-0.2, 0) is 11.2 Å². The molecule has 1 aromatic rings. The molecule has 20 heavy (non-hydrogen) atoms. The van der Waals surface area contributed by atoms with Crippen molar-refractivity contribution < 1.29 is 4.79 Å². The monoisotopic (exact) mass is 275 g/mol. The van der Waals surface area contributed by atoms with Gasteiger partial charge in [-0.05, 0) is 25.5 Å². The first kappa shape index (κ1) is 15.0. The van der Waals surface area contributed by atoms with E-state index in [2.05, 4.69) is 18.9 Å². The fourth-order valence-electron chi connectivity index (χ4n) is 2.78. The van der Waals surface area contributed by atoms with Crippen LogP contribution in [0.4, 0.5) is 0 Å². The number of carbonyl (C=O) groups is 1. The summed E-state index contributed by atoms with van der Waals surface area (Å²) in [6.45, 7) is 4.68. The van der Waals surface area contributed by atoms with Crippen LogP contribution in [0.2, 0.25) is 0 Å². The van der Waals surface area contributed by atoms with Gasteiger partial charge in [0.25, 0.3) is 0 Å². The molecule has 1 unspecified atom stereocenters. The number of amides is 1. The molecule has 2 N–H and O–H groups in total. The minimum absolute atomic E-state index is 0.0837. The van der Waals surface area contributed by atoms with Crippen LogP contribution in [0.5, 0.6) is 0 Å². The van der Waals surface area contributed by atoms with Gasteiger partial charge in [0.1, 0.15) is 0 Å². The van der Waals surface area contributed by atoms with Gasteiger partial charge < -0.3 is 10.6 Å². The Hall–Kier alpha value is -1.39. The Morgan fingerprint density at radius 1 is 1.35 bits per heavy atom. The second-order valence-electron chi connectivity index (χ2n) is 5.62. The molecule has 1 aliphatic rings. The fraction of sp³-hybridized carbons (Fsp3) is 0.562. The van der Waals surface area contributed by atoms with Crippen molar-refractivity contribution in [2.24, 2.45) is 5.73 Å². The highest BCUT2D eigenvalue weighted by Gasteiger charge is 2.28. The first-order valence-corrected chi connectivity index (χ1v) is 7.40. The molecule has 4 nitrogen and oxygen atoms in total. The average Bonchev–Trinajstić information content (AvgIpc) is 2.48. The smallest absolute Gasteiger partial charge is 0.239 e. The molecule has 0 bridgehead atoms. The van der Waals surface area contributed by atoms with E-state index < -0.39 is 6.04 Å². The number of nitrogens with zero attached hydrogens (tertiary/aromatic N) is 2. The van der Waals surface area contributed by atoms with Gasteiger partial charge in [-0.15, -0.1) is 0 Å². The zero-order valence-corrected chi connectivity index (χ0v) is 12.5. The van der Waals surface area contributed by atoms with Gasteiger partial charge in [0, 0.05) is 25.7 Å².